The van der Waals surface area contributed by atoms with Crippen molar-refractivity contribution in [1.29, 1.82) is 0 Å². The Kier molecular flexibility index (Phi) is 5.37. The van der Waals surface area contributed by atoms with E-state index in [1.165, 1.54) is 12.8 Å². The van der Waals surface area contributed by atoms with Crippen LogP contribution in [0.4, 0.5) is 0 Å². The van der Waals surface area contributed by atoms with Gasteiger partial charge in [-0.05, 0) is 62.9 Å². The predicted molar refractivity (Wildman–Crippen MR) is 118 cm³/mol. The van der Waals surface area contributed by atoms with Gasteiger partial charge in [-0.3, -0.25) is 9.48 Å². The van der Waals surface area contributed by atoms with Gasteiger partial charge in [0, 0.05) is 11.6 Å². The van der Waals surface area contributed by atoms with Crippen LogP contribution in [-0.2, 0) is 5.54 Å². The maximum atomic E-state index is 13.2. The Labute approximate surface area is 178 Å². The number of amides is 1. The molecule has 0 saturated heterocycles. The molecule has 1 saturated carbocycles. The number of carbonyl (C=O) groups excluding carboxylic acids is 1. The van der Waals surface area contributed by atoms with Crippen LogP contribution >= 0.6 is 0 Å². The Balaban J connectivity index is 1.65. The second-order valence-electron chi connectivity index (χ2n) is 8.90. The molecule has 1 atom stereocenters. The van der Waals surface area contributed by atoms with E-state index in [4.69, 9.17) is 9.84 Å². The summed E-state index contributed by atoms with van der Waals surface area (Å²) in [5.41, 5.74) is 3.49. The topological polar surface area (TPSA) is 56.1 Å². The average Bonchev–Trinajstić information content (AvgIpc) is 3.49. The Hall–Kier alpha value is -3.08. The molecule has 1 heterocycles. The molecule has 1 amide bonds. The summed E-state index contributed by atoms with van der Waals surface area (Å²) < 4.78 is 7.30. The second-order valence-corrected chi connectivity index (χ2v) is 8.90. The number of rotatable bonds is 6. The van der Waals surface area contributed by atoms with Crippen molar-refractivity contribution in [1.82, 2.24) is 15.1 Å². The monoisotopic (exact) mass is 403 g/mol. The van der Waals surface area contributed by atoms with Gasteiger partial charge in [0.05, 0.1) is 18.7 Å². The lowest BCUT2D eigenvalue weighted by molar-refractivity contribution is 0.0936. The van der Waals surface area contributed by atoms with Crippen LogP contribution in [0, 0.1) is 0 Å². The first-order chi connectivity index (χ1) is 14.4. The van der Waals surface area contributed by atoms with E-state index in [-0.39, 0.29) is 17.5 Å². The smallest absolute Gasteiger partial charge is 0.272 e. The molecule has 1 aliphatic carbocycles. The zero-order valence-corrected chi connectivity index (χ0v) is 18.1. The van der Waals surface area contributed by atoms with Gasteiger partial charge in [-0.15, -0.1) is 0 Å². The quantitative estimate of drug-likeness (QED) is 0.627. The van der Waals surface area contributed by atoms with Crippen molar-refractivity contribution in [2.75, 3.05) is 7.11 Å². The van der Waals surface area contributed by atoms with Gasteiger partial charge in [-0.1, -0.05) is 42.5 Å². The van der Waals surface area contributed by atoms with E-state index < -0.39 is 0 Å². The molecule has 1 aliphatic rings. The maximum absolute atomic E-state index is 13.2. The minimum Gasteiger partial charge on any atom is -0.497 e. The van der Waals surface area contributed by atoms with E-state index >= 15 is 0 Å². The summed E-state index contributed by atoms with van der Waals surface area (Å²) in [6, 6.07) is 19.5. The first-order valence-electron chi connectivity index (χ1n) is 10.5. The zero-order valence-electron chi connectivity index (χ0n) is 18.1. The van der Waals surface area contributed by atoms with Crippen molar-refractivity contribution < 1.29 is 9.53 Å². The minimum atomic E-state index is -0.270. The summed E-state index contributed by atoms with van der Waals surface area (Å²) in [5.74, 6) is 1.14. The fraction of sp³-hybridized carbons (Fsp3) is 0.360. The summed E-state index contributed by atoms with van der Waals surface area (Å²) in [6.45, 7) is 6.37. The average molecular weight is 404 g/mol. The molecule has 0 bridgehead atoms. The second kappa shape index (κ2) is 7.98. The lowest BCUT2D eigenvalue weighted by Gasteiger charge is -2.22. The highest BCUT2D eigenvalue weighted by Crippen LogP contribution is 2.41. The molecular weight excluding hydrogens is 374 g/mol. The zero-order chi connectivity index (χ0) is 21.3. The third-order valence-electron chi connectivity index (χ3n) is 5.46. The van der Waals surface area contributed by atoms with Crippen LogP contribution in [0.5, 0.6) is 5.75 Å². The highest BCUT2D eigenvalue weighted by Gasteiger charge is 2.33. The summed E-state index contributed by atoms with van der Waals surface area (Å²) in [5, 5.41) is 7.89. The Morgan fingerprint density at radius 2 is 1.70 bits per heavy atom. The Morgan fingerprint density at radius 3 is 2.27 bits per heavy atom. The van der Waals surface area contributed by atoms with Crippen molar-refractivity contribution in [3.63, 3.8) is 0 Å². The van der Waals surface area contributed by atoms with Crippen molar-refractivity contribution in [2.24, 2.45) is 0 Å². The van der Waals surface area contributed by atoms with E-state index in [1.807, 2.05) is 65.3 Å². The molecule has 3 aromatic rings. The maximum Gasteiger partial charge on any atom is 0.272 e. The Bertz CT molecular complexity index is 1010. The summed E-state index contributed by atoms with van der Waals surface area (Å²) in [7, 11) is 1.65. The Morgan fingerprint density at radius 1 is 1.07 bits per heavy atom. The predicted octanol–water partition coefficient (Wildman–Crippen LogP) is 5.04. The highest BCUT2D eigenvalue weighted by atomic mass is 16.5. The van der Waals surface area contributed by atoms with Crippen molar-refractivity contribution in [2.45, 2.75) is 51.1 Å². The normalized spacial score (nSPS) is 14.9. The van der Waals surface area contributed by atoms with Crippen molar-refractivity contribution in [3.05, 3.63) is 83.2 Å². The van der Waals surface area contributed by atoms with E-state index in [1.54, 1.807) is 7.11 Å². The van der Waals surface area contributed by atoms with Crippen LogP contribution in [0.25, 0.3) is 0 Å². The molecule has 30 heavy (non-hydrogen) atoms. The third-order valence-corrected chi connectivity index (χ3v) is 5.46. The first-order valence-corrected chi connectivity index (χ1v) is 10.5. The van der Waals surface area contributed by atoms with E-state index in [9.17, 15) is 4.79 Å². The molecule has 5 heteroatoms. The minimum absolute atomic E-state index is 0.161. The molecule has 2 aromatic carbocycles. The van der Waals surface area contributed by atoms with Gasteiger partial charge in [0.1, 0.15) is 5.75 Å². The van der Waals surface area contributed by atoms with E-state index in [0.717, 1.165) is 22.6 Å². The fourth-order valence-corrected chi connectivity index (χ4v) is 3.72. The standard InChI is InChI=1S/C25H29N3O2/c1-25(2,3)28-22(17-10-11-17)16-21(27-28)24(29)26-23(18-8-6-5-7-9-18)19-12-14-20(30-4)15-13-19/h5-9,12-17,23H,10-11H2,1-4H3,(H,26,29). The van der Waals surface area contributed by atoms with Crippen LogP contribution in [-0.4, -0.2) is 22.8 Å². The number of benzene rings is 2. The van der Waals surface area contributed by atoms with Crippen LogP contribution in [0.1, 0.15) is 72.9 Å². The van der Waals surface area contributed by atoms with Crippen molar-refractivity contribution >= 4 is 5.91 Å². The first kappa shape index (κ1) is 20.2. The molecule has 1 N–H and O–H groups in total. The molecule has 0 radical (unpaired) electrons. The molecule has 1 aromatic heterocycles. The van der Waals surface area contributed by atoms with Gasteiger partial charge in [-0.25, -0.2) is 0 Å². The number of hydrogen-bond donors (Lipinski definition) is 1. The van der Waals surface area contributed by atoms with Crippen LogP contribution in [0.15, 0.2) is 60.7 Å². The fourth-order valence-electron chi connectivity index (χ4n) is 3.72. The van der Waals surface area contributed by atoms with Crippen LogP contribution < -0.4 is 10.1 Å². The number of carbonyl (C=O) groups is 1. The van der Waals surface area contributed by atoms with Crippen molar-refractivity contribution in [3.8, 4) is 5.75 Å². The lowest BCUT2D eigenvalue weighted by atomic mass is 9.98. The lowest BCUT2D eigenvalue weighted by Crippen LogP contribution is -2.30. The van der Waals surface area contributed by atoms with E-state index in [2.05, 4.69) is 26.1 Å². The number of hydrogen-bond acceptors (Lipinski definition) is 3. The largest absolute Gasteiger partial charge is 0.497 e. The van der Waals surface area contributed by atoms with Gasteiger partial charge in [0.25, 0.3) is 5.91 Å². The summed E-state index contributed by atoms with van der Waals surface area (Å²) >= 11 is 0. The molecular formula is C25H29N3O2. The SMILES string of the molecule is COc1ccc(C(NC(=O)c2cc(C3CC3)n(C(C)(C)C)n2)c2ccccc2)cc1. The molecule has 1 unspecified atom stereocenters. The summed E-state index contributed by atoms with van der Waals surface area (Å²) in [6.07, 6.45) is 2.34. The number of methoxy groups -OCH3 is 1. The van der Waals surface area contributed by atoms with Gasteiger partial charge < -0.3 is 10.1 Å². The number of nitrogens with one attached hydrogen (secondary N) is 1. The molecule has 156 valence electrons. The third kappa shape index (κ3) is 4.25. The molecule has 0 spiro atoms. The highest BCUT2D eigenvalue weighted by molar-refractivity contribution is 5.93. The number of aromatic nitrogens is 2. The van der Waals surface area contributed by atoms with Gasteiger partial charge in [0.2, 0.25) is 0 Å². The van der Waals surface area contributed by atoms with Gasteiger partial charge in [0.15, 0.2) is 5.69 Å². The van der Waals surface area contributed by atoms with Crippen LogP contribution in [0.3, 0.4) is 0 Å². The van der Waals surface area contributed by atoms with Gasteiger partial charge in [-0.2, -0.15) is 5.10 Å². The molecule has 4 rings (SSSR count). The molecule has 5 nitrogen and oxygen atoms in total. The summed E-state index contributed by atoms with van der Waals surface area (Å²) in [4.78, 5) is 13.2. The van der Waals surface area contributed by atoms with Crippen LogP contribution in [0.2, 0.25) is 0 Å². The number of ether oxygens (including phenoxy) is 1. The number of nitrogens with zero attached hydrogens (tertiary/aromatic N) is 2. The van der Waals surface area contributed by atoms with E-state index in [0.29, 0.717) is 11.6 Å². The van der Waals surface area contributed by atoms with Gasteiger partial charge >= 0.3 is 0 Å². The molecule has 1 fully saturated rings. The molecule has 0 aliphatic heterocycles.